The summed E-state index contributed by atoms with van der Waals surface area (Å²) in [7, 11) is -3.92. The molecule has 0 bridgehead atoms. The van der Waals surface area contributed by atoms with Crippen molar-refractivity contribution in [2.45, 2.75) is 31.8 Å². The average Bonchev–Trinajstić information content (AvgIpc) is 2.99. The highest BCUT2D eigenvalue weighted by molar-refractivity contribution is 7.85. The smallest absolute Gasteiger partial charge is 0.336 e. The summed E-state index contributed by atoms with van der Waals surface area (Å²) >= 11 is 1.41. The van der Waals surface area contributed by atoms with Gasteiger partial charge >= 0.3 is 5.97 Å². The summed E-state index contributed by atoms with van der Waals surface area (Å²) in [6.07, 6.45) is 10.0. The van der Waals surface area contributed by atoms with Crippen molar-refractivity contribution in [3.8, 4) is 0 Å². The molecule has 0 spiro atoms. The minimum Gasteiger partial charge on any atom is -0.478 e. The van der Waals surface area contributed by atoms with Gasteiger partial charge in [-0.1, -0.05) is 24.3 Å². The maximum absolute atomic E-state index is 11.0. The first-order valence-corrected chi connectivity index (χ1v) is 10.2. The molecule has 2 N–H and O–H groups in total. The summed E-state index contributed by atoms with van der Waals surface area (Å²) in [6, 6.07) is 1.89. The molecule has 0 amide bonds. The second kappa shape index (κ2) is 8.57. The predicted molar refractivity (Wildman–Crippen MR) is 94.0 cm³/mol. The van der Waals surface area contributed by atoms with E-state index >= 15 is 0 Å². The van der Waals surface area contributed by atoms with Gasteiger partial charge in [-0.25, -0.2) is 4.79 Å². The first-order chi connectivity index (χ1) is 11.3. The van der Waals surface area contributed by atoms with Crippen molar-refractivity contribution in [3.05, 3.63) is 46.2 Å². The van der Waals surface area contributed by atoms with Crippen LogP contribution in [0.25, 0.3) is 0 Å². The van der Waals surface area contributed by atoms with Crippen molar-refractivity contribution in [1.82, 2.24) is 4.90 Å². The molecule has 8 heteroatoms. The van der Waals surface area contributed by atoms with Gasteiger partial charge in [-0.05, 0) is 31.9 Å². The van der Waals surface area contributed by atoms with E-state index in [1.807, 2.05) is 12.2 Å². The maximum Gasteiger partial charge on any atom is 0.336 e. The van der Waals surface area contributed by atoms with Crippen LogP contribution in [0.15, 0.2) is 35.8 Å². The molecule has 24 heavy (non-hydrogen) atoms. The van der Waals surface area contributed by atoms with Crippen molar-refractivity contribution < 1.29 is 22.9 Å². The molecular formula is C16H21NO5S2. The Balaban J connectivity index is 1.98. The van der Waals surface area contributed by atoms with Gasteiger partial charge in [0.05, 0.1) is 11.3 Å². The second-order valence-electron chi connectivity index (χ2n) is 5.69. The summed E-state index contributed by atoms with van der Waals surface area (Å²) in [5.74, 6) is -1.17. The topological polar surface area (TPSA) is 94.9 Å². The van der Waals surface area contributed by atoms with Crippen LogP contribution < -0.4 is 0 Å². The fourth-order valence-corrected chi connectivity index (χ4v) is 4.03. The third kappa shape index (κ3) is 6.20. The zero-order valence-corrected chi connectivity index (χ0v) is 14.8. The molecule has 0 saturated carbocycles. The fourth-order valence-electron chi connectivity index (χ4n) is 2.58. The number of hydrogen-bond donors (Lipinski definition) is 2. The third-order valence-corrected chi connectivity index (χ3v) is 5.51. The number of rotatable bonds is 9. The molecule has 1 aromatic heterocycles. The van der Waals surface area contributed by atoms with Crippen LogP contribution >= 0.6 is 11.3 Å². The fraction of sp³-hybridized carbons (Fsp3) is 0.438. The number of carbonyl (C=O) groups is 1. The Kier molecular flexibility index (Phi) is 6.73. The summed E-state index contributed by atoms with van der Waals surface area (Å²) in [5, 5.41) is 10.7. The second-order valence-corrected chi connectivity index (χ2v) is 8.25. The highest BCUT2D eigenvalue weighted by Crippen LogP contribution is 2.21. The van der Waals surface area contributed by atoms with Gasteiger partial charge in [-0.15, -0.1) is 11.3 Å². The minimum atomic E-state index is -3.92. The van der Waals surface area contributed by atoms with Crippen LogP contribution in [0.4, 0.5) is 0 Å². The van der Waals surface area contributed by atoms with E-state index in [1.165, 1.54) is 11.3 Å². The lowest BCUT2D eigenvalue weighted by Crippen LogP contribution is -2.34. The molecule has 1 aliphatic carbocycles. The van der Waals surface area contributed by atoms with E-state index in [-0.39, 0.29) is 11.8 Å². The molecular weight excluding hydrogens is 350 g/mol. The van der Waals surface area contributed by atoms with Gasteiger partial charge in [0.1, 0.15) is 0 Å². The van der Waals surface area contributed by atoms with Crippen LogP contribution in [0, 0.1) is 0 Å². The number of carboxylic acid groups (broad SMARTS) is 1. The number of carboxylic acids is 1. The minimum absolute atomic E-state index is 0.205. The van der Waals surface area contributed by atoms with Gasteiger partial charge < -0.3 is 5.11 Å². The molecule has 2 rings (SSSR count). The summed E-state index contributed by atoms with van der Waals surface area (Å²) in [4.78, 5) is 14.2. The van der Waals surface area contributed by atoms with Gasteiger partial charge in [0.25, 0.3) is 10.1 Å². The third-order valence-electron chi connectivity index (χ3n) is 3.78. The molecule has 1 atom stereocenters. The van der Waals surface area contributed by atoms with Crippen LogP contribution in [0.5, 0.6) is 0 Å². The van der Waals surface area contributed by atoms with Gasteiger partial charge in [-0.2, -0.15) is 8.42 Å². The molecule has 6 nitrogen and oxygen atoms in total. The number of hydrogen-bond acceptors (Lipinski definition) is 5. The highest BCUT2D eigenvalue weighted by Gasteiger charge is 2.18. The predicted octanol–water partition coefficient (Wildman–Crippen LogP) is 2.80. The quantitative estimate of drug-likeness (QED) is 0.512. The van der Waals surface area contributed by atoms with Crippen LogP contribution in [0.2, 0.25) is 0 Å². The van der Waals surface area contributed by atoms with E-state index in [4.69, 9.17) is 9.66 Å². The van der Waals surface area contributed by atoms with E-state index in [0.717, 1.165) is 11.3 Å². The van der Waals surface area contributed by atoms with Crippen molar-refractivity contribution in [1.29, 1.82) is 0 Å². The van der Waals surface area contributed by atoms with Gasteiger partial charge in [0.15, 0.2) is 0 Å². The Hall–Kier alpha value is -1.48. The standard InChI is InChI=1S/C16H21NO5S2/c18-16(19)13-10-15(23-12-13)11-17(14-6-2-1-3-7-14)8-4-5-9-24(20,21)22/h1-3,6,10,12,14H,4-5,7-9,11H2,(H,18,19)(H,20,21,22). The molecule has 0 fully saturated rings. The number of allylic oxidation sites excluding steroid dienone is 2. The van der Waals surface area contributed by atoms with Crippen LogP contribution in [0.1, 0.15) is 34.5 Å². The number of thiophene rings is 1. The van der Waals surface area contributed by atoms with E-state index < -0.39 is 16.1 Å². The molecule has 1 aliphatic rings. The zero-order valence-electron chi connectivity index (χ0n) is 13.2. The van der Waals surface area contributed by atoms with Crippen LogP contribution in [-0.2, 0) is 16.7 Å². The van der Waals surface area contributed by atoms with Gasteiger partial charge in [-0.3, -0.25) is 9.45 Å². The molecule has 132 valence electrons. The first-order valence-electron chi connectivity index (χ1n) is 7.68. The Labute approximate surface area is 145 Å². The largest absolute Gasteiger partial charge is 0.478 e. The molecule has 0 radical (unpaired) electrons. The molecule has 1 heterocycles. The summed E-state index contributed by atoms with van der Waals surface area (Å²) < 4.78 is 30.4. The SMILES string of the molecule is O=C(O)c1csc(CN(CCCCS(=O)(=O)O)C2C=CC=CC2)c1. The Morgan fingerprint density at radius 3 is 2.71 bits per heavy atom. The Morgan fingerprint density at radius 1 is 1.33 bits per heavy atom. The summed E-state index contributed by atoms with van der Waals surface area (Å²) in [5.41, 5.74) is 0.292. The van der Waals surface area contributed by atoms with E-state index in [9.17, 15) is 13.2 Å². The maximum atomic E-state index is 11.0. The highest BCUT2D eigenvalue weighted by atomic mass is 32.2. The number of nitrogens with zero attached hydrogens (tertiary/aromatic N) is 1. The number of unbranched alkanes of at least 4 members (excludes halogenated alkanes) is 1. The average molecular weight is 371 g/mol. The van der Waals surface area contributed by atoms with Gasteiger partial charge in [0, 0.05) is 22.8 Å². The van der Waals surface area contributed by atoms with E-state index in [1.54, 1.807) is 11.4 Å². The summed E-state index contributed by atoms with van der Waals surface area (Å²) in [6.45, 7) is 1.30. The van der Waals surface area contributed by atoms with Crippen molar-refractivity contribution in [3.63, 3.8) is 0 Å². The Morgan fingerprint density at radius 2 is 2.12 bits per heavy atom. The molecule has 0 aromatic carbocycles. The normalized spacial score (nSPS) is 17.5. The van der Waals surface area contributed by atoms with Crippen LogP contribution in [-0.4, -0.2) is 47.3 Å². The van der Waals surface area contributed by atoms with Crippen molar-refractivity contribution >= 4 is 27.4 Å². The molecule has 1 aromatic rings. The first kappa shape index (κ1) is 18.9. The van der Waals surface area contributed by atoms with Crippen LogP contribution in [0.3, 0.4) is 0 Å². The lowest BCUT2D eigenvalue weighted by atomic mass is 10.1. The Bertz CT molecular complexity index is 721. The van der Waals surface area contributed by atoms with Gasteiger partial charge in [0.2, 0.25) is 0 Å². The molecule has 1 unspecified atom stereocenters. The lowest BCUT2D eigenvalue weighted by molar-refractivity contribution is 0.0697. The zero-order chi connectivity index (χ0) is 17.6. The van der Waals surface area contributed by atoms with Crippen molar-refractivity contribution in [2.24, 2.45) is 0 Å². The molecule has 0 aliphatic heterocycles. The lowest BCUT2D eigenvalue weighted by Gasteiger charge is -2.29. The number of aromatic carboxylic acids is 1. The monoisotopic (exact) mass is 371 g/mol. The molecule has 0 saturated heterocycles. The van der Waals surface area contributed by atoms with Crippen molar-refractivity contribution in [2.75, 3.05) is 12.3 Å². The van der Waals surface area contributed by atoms with E-state index in [2.05, 4.69) is 17.1 Å². The van der Waals surface area contributed by atoms with E-state index in [0.29, 0.717) is 31.5 Å².